The van der Waals surface area contributed by atoms with Gasteiger partial charge in [-0.1, -0.05) is 18.2 Å². The van der Waals surface area contributed by atoms with Crippen LogP contribution in [0, 0.1) is 11.8 Å². The number of thiazole rings is 1. The van der Waals surface area contributed by atoms with Crippen LogP contribution in [0.3, 0.4) is 0 Å². The van der Waals surface area contributed by atoms with Crippen molar-refractivity contribution in [2.24, 2.45) is 28.6 Å². The van der Waals surface area contributed by atoms with Gasteiger partial charge in [-0.15, -0.1) is 11.3 Å². The van der Waals surface area contributed by atoms with Crippen molar-refractivity contribution in [3.63, 3.8) is 0 Å². The van der Waals surface area contributed by atoms with Crippen LogP contribution in [-0.2, 0) is 6.54 Å². The second-order valence-corrected chi connectivity index (χ2v) is 9.82. The average molecular weight is 479 g/mol. The van der Waals surface area contributed by atoms with Crippen LogP contribution >= 0.6 is 11.3 Å². The lowest BCUT2D eigenvalue weighted by Gasteiger charge is -2.35. The number of carbonyl (C=O) groups excluding carboxylic acids is 1. The molecule has 3 heterocycles. The third kappa shape index (κ3) is 4.51. The van der Waals surface area contributed by atoms with E-state index in [0.29, 0.717) is 22.6 Å². The highest BCUT2D eigenvalue weighted by atomic mass is 32.1. The number of hydrogen-bond donors (Lipinski definition) is 4. The highest BCUT2D eigenvalue weighted by molar-refractivity contribution is 7.14. The van der Waals surface area contributed by atoms with Crippen molar-refractivity contribution in [3.05, 3.63) is 65.4 Å². The molecule has 34 heavy (non-hydrogen) atoms. The molecule has 1 unspecified atom stereocenters. The first-order chi connectivity index (χ1) is 16.7. The van der Waals surface area contributed by atoms with E-state index in [4.69, 9.17) is 16.7 Å². The van der Waals surface area contributed by atoms with Crippen molar-refractivity contribution in [1.29, 1.82) is 0 Å². The fourth-order valence-corrected chi connectivity index (χ4v) is 5.84. The molecule has 10 heteroatoms. The summed E-state index contributed by atoms with van der Waals surface area (Å²) in [4.78, 5) is 20.2. The van der Waals surface area contributed by atoms with Crippen LogP contribution in [-0.4, -0.2) is 27.8 Å². The number of carbonyl (C=O) groups is 1. The molecule has 0 radical (unpaired) electrons. The molecule has 3 aromatic rings. The lowest BCUT2D eigenvalue weighted by atomic mass is 9.74. The number of amidine groups is 1. The second-order valence-electron chi connectivity index (χ2n) is 8.96. The number of nitrogens with two attached hydrogens (primary N) is 2. The lowest BCUT2D eigenvalue weighted by Crippen LogP contribution is -2.43. The standard InChI is InChI=1S/C24H30N8OS/c25-29-22(30-26)17-12-16(13-17)14-31-10-4-9-21(31)23(33)28-24-27-19(15-34-24)20-8-5-11-32(20)18-6-2-1-3-7-18/h1-4,6-7,9-10,15-17,20H,5,8,11-14,25-26H2,(H,29,30)(H,27,28,33). The van der Waals surface area contributed by atoms with Gasteiger partial charge < -0.3 is 20.7 Å². The molecule has 1 aliphatic heterocycles. The Labute approximate surface area is 202 Å². The second kappa shape index (κ2) is 9.86. The van der Waals surface area contributed by atoms with E-state index in [0.717, 1.165) is 44.5 Å². The molecule has 1 saturated heterocycles. The van der Waals surface area contributed by atoms with Gasteiger partial charge in [0.1, 0.15) is 11.5 Å². The number of rotatable bonds is 7. The maximum absolute atomic E-state index is 13.0. The summed E-state index contributed by atoms with van der Waals surface area (Å²) in [6.07, 6.45) is 6.02. The Morgan fingerprint density at radius 1 is 1.21 bits per heavy atom. The molecular weight excluding hydrogens is 448 g/mol. The van der Waals surface area contributed by atoms with E-state index in [2.05, 4.69) is 50.4 Å². The number of hydrazine groups is 1. The number of nitrogens with zero attached hydrogens (tertiary/aromatic N) is 4. The zero-order valence-corrected chi connectivity index (χ0v) is 19.7. The number of amides is 1. The van der Waals surface area contributed by atoms with Gasteiger partial charge in [0.2, 0.25) is 0 Å². The molecule has 1 amide bonds. The quantitative estimate of drug-likeness (QED) is 0.179. The van der Waals surface area contributed by atoms with Gasteiger partial charge >= 0.3 is 0 Å². The minimum Gasteiger partial charge on any atom is -0.363 e. The first-order valence-corrected chi connectivity index (χ1v) is 12.5. The van der Waals surface area contributed by atoms with Crippen LogP contribution in [0.5, 0.6) is 0 Å². The lowest BCUT2D eigenvalue weighted by molar-refractivity contribution is 0.101. The average Bonchev–Trinajstić information content (AvgIpc) is 3.59. The number of nitrogens with one attached hydrogen (secondary N) is 2. The summed E-state index contributed by atoms with van der Waals surface area (Å²) in [7, 11) is 0. The van der Waals surface area contributed by atoms with Crippen LogP contribution in [0.2, 0.25) is 0 Å². The molecule has 0 bridgehead atoms. The van der Waals surface area contributed by atoms with Crippen molar-refractivity contribution >= 4 is 33.9 Å². The van der Waals surface area contributed by atoms with Gasteiger partial charge in [0, 0.05) is 36.3 Å². The fourth-order valence-electron chi connectivity index (χ4n) is 5.09. The summed E-state index contributed by atoms with van der Waals surface area (Å²) < 4.78 is 2.01. The number of benzene rings is 1. The summed E-state index contributed by atoms with van der Waals surface area (Å²) in [5, 5.41) is 9.41. The molecule has 1 atom stereocenters. The molecule has 9 nitrogen and oxygen atoms in total. The van der Waals surface area contributed by atoms with Gasteiger partial charge in [0.05, 0.1) is 11.7 Å². The van der Waals surface area contributed by atoms with E-state index in [9.17, 15) is 4.79 Å². The monoisotopic (exact) mass is 478 g/mol. The van der Waals surface area contributed by atoms with Gasteiger partial charge in [-0.05, 0) is 55.9 Å². The smallest absolute Gasteiger partial charge is 0.274 e. The maximum atomic E-state index is 13.0. The maximum Gasteiger partial charge on any atom is 0.274 e. The fraction of sp³-hybridized carbons (Fsp3) is 0.375. The normalized spacial score (nSPS) is 22.4. The van der Waals surface area contributed by atoms with E-state index in [1.54, 1.807) is 0 Å². The summed E-state index contributed by atoms with van der Waals surface area (Å²) in [6, 6.07) is 14.4. The van der Waals surface area contributed by atoms with E-state index < -0.39 is 0 Å². The summed E-state index contributed by atoms with van der Waals surface area (Å²) in [5.74, 6) is 12.0. The molecule has 2 fully saturated rings. The van der Waals surface area contributed by atoms with Crippen molar-refractivity contribution in [2.75, 3.05) is 16.8 Å². The van der Waals surface area contributed by atoms with Gasteiger partial charge in [-0.3, -0.25) is 10.1 Å². The zero-order chi connectivity index (χ0) is 23.5. The summed E-state index contributed by atoms with van der Waals surface area (Å²) >= 11 is 1.48. The van der Waals surface area contributed by atoms with Crippen LogP contribution in [0.4, 0.5) is 10.8 Å². The van der Waals surface area contributed by atoms with Gasteiger partial charge in [0.15, 0.2) is 5.13 Å². The van der Waals surface area contributed by atoms with E-state index in [1.165, 1.54) is 17.0 Å². The first kappa shape index (κ1) is 22.4. The third-order valence-corrected chi connectivity index (χ3v) is 7.63. The van der Waals surface area contributed by atoms with Gasteiger partial charge in [0.25, 0.3) is 5.91 Å². The molecule has 5 rings (SSSR count). The molecule has 178 valence electrons. The van der Waals surface area contributed by atoms with Gasteiger partial charge in [-0.2, -0.15) is 5.10 Å². The Hall–Kier alpha value is -3.37. The van der Waals surface area contributed by atoms with Crippen molar-refractivity contribution in [1.82, 2.24) is 15.0 Å². The Bertz CT molecular complexity index is 1150. The van der Waals surface area contributed by atoms with Crippen LogP contribution in [0.25, 0.3) is 0 Å². The Morgan fingerprint density at radius 2 is 2.03 bits per heavy atom. The third-order valence-electron chi connectivity index (χ3n) is 6.85. The highest BCUT2D eigenvalue weighted by Crippen LogP contribution is 2.37. The number of anilines is 2. The summed E-state index contributed by atoms with van der Waals surface area (Å²) in [5.41, 5.74) is 5.44. The Kier molecular flexibility index (Phi) is 6.50. The largest absolute Gasteiger partial charge is 0.363 e. The number of para-hydroxylation sites is 1. The Morgan fingerprint density at radius 3 is 2.79 bits per heavy atom. The number of hydrazone groups is 1. The van der Waals surface area contributed by atoms with Crippen molar-refractivity contribution in [3.8, 4) is 0 Å². The molecule has 6 N–H and O–H groups in total. The van der Waals surface area contributed by atoms with Crippen LogP contribution < -0.4 is 27.3 Å². The molecule has 2 aromatic heterocycles. The zero-order valence-electron chi connectivity index (χ0n) is 18.9. The molecular formula is C24H30N8OS. The van der Waals surface area contributed by atoms with E-state index in [1.807, 2.05) is 29.0 Å². The van der Waals surface area contributed by atoms with Crippen molar-refractivity contribution < 1.29 is 4.79 Å². The topological polar surface area (TPSA) is 127 Å². The molecule has 1 aliphatic carbocycles. The Balaban J connectivity index is 1.21. The van der Waals surface area contributed by atoms with Crippen LogP contribution in [0.1, 0.15) is 47.9 Å². The minimum absolute atomic E-state index is 0.138. The predicted molar refractivity (Wildman–Crippen MR) is 135 cm³/mol. The summed E-state index contributed by atoms with van der Waals surface area (Å²) in [6.45, 7) is 1.79. The predicted octanol–water partition coefficient (Wildman–Crippen LogP) is 3.30. The SMILES string of the molecule is N/N=C(\NN)C1CC(Cn2cccc2C(=O)Nc2nc(C3CCCN3c3ccccc3)cs2)C1. The molecule has 1 saturated carbocycles. The van der Waals surface area contributed by atoms with Gasteiger partial charge in [-0.25, -0.2) is 10.8 Å². The first-order valence-electron chi connectivity index (χ1n) is 11.6. The molecule has 2 aliphatic rings. The van der Waals surface area contributed by atoms with Crippen LogP contribution in [0.15, 0.2) is 59.1 Å². The van der Waals surface area contributed by atoms with E-state index in [-0.39, 0.29) is 17.9 Å². The van der Waals surface area contributed by atoms with E-state index >= 15 is 0 Å². The number of aromatic nitrogens is 2. The number of hydrogen-bond acceptors (Lipinski definition) is 7. The highest BCUT2D eigenvalue weighted by Gasteiger charge is 2.33. The van der Waals surface area contributed by atoms with Crippen molar-refractivity contribution in [2.45, 2.75) is 38.3 Å². The minimum atomic E-state index is -0.138. The molecule has 0 spiro atoms. The molecule has 1 aromatic carbocycles.